The van der Waals surface area contributed by atoms with Crippen molar-refractivity contribution in [3.63, 3.8) is 0 Å². The van der Waals surface area contributed by atoms with Gasteiger partial charge < -0.3 is 29.4 Å². The molecule has 1 saturated heterocycles. The molecular weight excluding hydrogens is 383 g/mol. The summed E-state index contributed by atoms with van der Waals surface area (Å²) in [6.07, 6.45) is -12.1. The molecule has 0 spiro atoms. The van der Waals surface area contributed by atoms with Gasteiger partial charge in [-0.2, -0.15) is 13.2 Å². The van der Waals surface area contributed by atoms with Crippen LogP contribution in [0.2, 0.25) is 0 Å². The number of amides is 1. The summed E-state index contributed by atoms with van der Waals surface area (Å²) < 4.78 is 57.1. The summed E-state index contributed by atoms with van der Waals surface area (Å²) in [6.45, 7) is 2.36. The molecule has 1 fully saturated rings. The summed E-state index contributed by atoms with van der Waals surface area (Å²) in [5.41, 5.74) is 0. The fraction of sp³-hybridized carbons (Fsp3) is 0.714. The van der Waals surface area contributed by atoms with Crippen LogP contribution >= 0.6 is 0 Å². The number of hydrogen-bond donors (Lipinski definition) is 2. The van der Waals surface area contributed by atoms with Crippen molar-refractivity contribution < 1.29 is 56.4 Å². The molecule has 5 atom stereocenters. The number of aliphatic hydroxyl groups excluding tert-OH is 1. The van der Waals surface area contributed by atoms with Gasteiger partial charge in [0.25, 0.3) is 0 Å². The second-order valence-electron chi connectivity index (χ2n) is 5.51. The van der Waals surface area contributed by atoms with Crippen LogP contribution in [0.15, 0.2) is 0 Å². The molecule has 0 aromatic rings. The van der Waals surface area contributed by atoms with Gasteiger partial charge >= 0.3 is 30.0 Å². The van der Waals surface area contributed by atoms with Gasteiger partial charge in [-0.1, -0.05) is 0 Å². The van der Waals surface area contributed by atoms with Crippen molar-refractivity contribution in [1.82, 2.24) is 5.32 Å². The monoisotopic (exact) mass is 401 g/mol. The number of aliphatic hydroxyl groups is 1. The lowest BCUT2D eigenvalue weighted by atomic mass is 9.96. The van der Waals surface area contributed by atoms with Crippen LogP contribution in [-0.4, -0.2) is 72.3 Å². The zero-order valence-corrected chi connectivity index (χ0v) is 14.4. The molecule has 0 unspecified atom stereocenters. The maximum absolute atomic E-state index is 12.5. The Balaban J connectivity index is 3.18. The molecule has 0 saturated carbocycles. The van der Waals surface area contributed by atoms with E-state index in [0.29, 0.717) is 0 Å². The molecule has 0 aromatic heterocycles. The van der Waals surface area contributed by atoms with Gasteiger partial charge in [0.2, 0.25) is 0 Å². The molecule has 0 bridgehead atoms. The minimum Gasteiger partial charge on any atom is -0.463 e. The summed E-state index contributed by atoms with van der Waals surface area (Å²) in [7, 11) is 0. The quantitative estimate of drug-likeness (QED) is 0.447. The first-order chi connectivity index (χ1) is 12.3. The van der Waals surface area contributed by atoms with Gasteiger partial charge in [0.15, 0.2) is 18.5 Å². The van der Waals surface area contributed by atoms with Crippen LogP contribution in [0.4, 0.5) is 13.2 Å². The molecule has 1 rings (SSSR count). The Morgan fingerprint density at radius 3 is 1.96 bits per heavy atom. The Bertz CT molecular complexity index is 595. The third-order valence-electron chi connectivity index (χ3n) is 3.28. The standard InChI is InChI=1S/C14H18F3NO9/c1-5(19)24-4-8-10(25-6(2)20)11(26-7(3)21)9(12(22)27-8)18-13(23)14(15,16)17/h8-12,22H,4H2,1-3H3,(H,18,23)/t8-,9+,10-,11-,12+/m1/s1. The minimum atomic E-state index is -5.30. The van der Waals surface area contributed by atoms with E-state index in [-0.39, 0.29) is 0 Å². The lowest BCUT2D eigenvalue weighted by Crippen LogP contribution is -2.67. The Kier molecular flexibility index (Phi) is 7.54. The Morgan fingerprint density at radius 1 is 1.00 bits per heavy atom. The Morgan fingerprint density at radius 2 is 1.52 bits per heavy atom. The van der Waals surface area contributed by atoms with Crippen molar-refractivity contribution in [2.45, 2.75) is 57.6 Å². The topological polar surface area (TPSA) is 137 Å². The summed E-state index contributed by atoms with van der Waals surface area (Å²) in [4.78, 5) is 44.9. The van der Waals surface area contributed by atoms with E-state index < -0.39 is 67.2 Å². The number of alkyl halides is 3. The van der Waals surface area contributed by atoms with Crippen molar-refractivity contribution in [2.75, 3.05) is 6.61 Å². The number of esters is 3. The van der Waals surface area contributed by atoms with Gasteiger partial charge in [-0.15, -0.1) is 0 Å². The fourth-order valence-corrected chi connectivity index (χ4v) is 2.31. The van der Waals surface area contributed by atoms with Gasteiger partial charge in [-0.25, -0.2) is 0 Å². The van der Waals surface area contributed by atoms with Gasteiger partial charge in [0.05, 0.1) is 0 Å². The van der Waals surface area contributed by atoms with Crippen LogP contribution in [0.5, 0.6) is 0 Å². The van der Waals surface area contributed by atoms with Crippen LogP contribution < -0.4 is 5.32 Å². The van der Waals surface area contributed by atoms with E-state index in [9.17, 15) is 37.5 Å². The second-order valence-corrected chi connectivity index (χ2v) is 5.51. The lowest BCUT2D eigenvalue weighted by molar-refractivity contribution is -0.266. The van der Waals surface area contributed by atoms with Gasteiger partial charge in [0, 0.05) is 20.8 Å². The molecule has 10 nitrogen and oxygen atoms in total. The molecule has 0 aromatic carbocycles. The summed E-state index contributed by atoms with van der Waals surface area (Å²) in [5, 5.41) is 11.4. The van der Waals surface area contributed by atoms with Crippen molar-refractivity contribution in [2.24, 2.45) is 0 Å². The molecule has 1 amide bonds. The Labute approximate surface area is 150 Å². The number of hydrogen-bond acceptors (Lipinski definition) is 9. The van der Waals surface area contributed by atoms with E-state index in [1.165, 1.54) is 5.32 Å². The highest BCUT2D eigenvalue weighted by atomic mass is 19.4. The van der Waals surface area contributed by atoms with Crippen molar-refractivity contribution in [3.8, 4) is 0 Å². The molecular formula is C14H18F3NO9. The van der Waals surface area contributed by atoms with Crippen LogP contribution in [0.1, 0.15) is 20.8 Å². The average molecular weight is 401 g/mol. The van der Waals surface area contributed by atoms with Gasteiger partial charge in [-0.3, -0.25) is 19.2 Å². The largest absolute Gasteiger partial charge is 0.471 e. The van der Waals surface area contributed by atoms with Crippen LogP contribution in [-0.2, 0) is 38.1 Å². The van der Waals surface area contributed by atoms with E-state index in [1.54, 1.807) is 0 Å². The predicted octanol–water partition coefficient (Wildman–Crippen LogP) is -0.823. The molecule has 13 heteroatoms. The highest BCUT2D eigenvalue weighted by Gasteiger charge is 2.52. The smallest absolute Gasteiger partial charge is 0.463 e. The number of nitrogens with one attached hydrogen (secondary N) is 1. The summed E-state index contributed by atoms with van der Waals surface area (Å²) in [5.74, 6) is -5.12. The molecule has 154 valence electrons. The molecule has 0 aliphatic carbocycles. The molecule has 2 N–H and O–H groups in total. The van der Waals surface area contributed by atoms with Crippen LogP contribution in [0.3, 0.4) is 0 Å². The number of ether oxygens (including phenoxy) is 4. The number of rotatable bonds is 5. The number of carbonyl (C=O) groups excluding carboxylic acids is 4. The van der Waals surface area contributed by atoms with Crippen molar-refractivity contribution >= 4 is 23.8 Å². The zero-order valence-electron chi connectivity index (χ0n) is 14.4. The molecule has 1 aliphatic heterocycles. The zero-order chi connectivity index (χ0) is 20.9. The molecule has 1 heterocycles. The van der Waals surface area contributed by atoms with Crippen LogP contribution in [0.25, 0.3) is 0 Å². The first kappa shape index (κ1) is 22.6. The summed E-state index contributed by atoms with van der Waals surface area (Å²) in [6, 6.07) is -1.92. The van der Waals surface area contributed by atoms with E-state index in [0.717, 1.165) is 20.8 Å². The fourth-order valence-electron chi connectivity index (χ4n) is 2.31. The van der Waals surface area contributed by atoms with E-state index in [1.807, 2.05) is 0 Å². The van der Waals surface area contributed by atoms with E-state index >= 15 is 0 Å². The van der Waals surface area contributed by atoms with E-state index in [4.69, 9.17) is 18.9 Å². The van der Waals surface area contributed by atoms with Gasteiger partial charge in [0.1, 0.15) is 18.8 Å². The average Bonchev–Trinajstić information content (AvgIpc) is 2.49. The molecule has 27 heavy (non-hydrogen) atoms. The number of carbonyl (C=O) groups is 4. The van der Waals surface area contributed by atoms with Crippen molar-refractivity contribution in [1.29, 1.82) is 0 Å². The third kappa shape index (κ3) is 6.67. The normalized spacial score (nSPS) is 28.0. The van der Waals surface area contributed by atoms with Crippen LogP contribution in [0, 0.1) is 0 Å². The Hall–Kier alpha value is -2.41. The molecule has 0 radical (unpaired) electrons. The minimum absolute atomic E-state index is 0.567. The number of halogens is 3. The van der Waals surface area contributed by atoms with Crippen molar-refractivity contribution in [3.05, 3.63) is 0 Å². The maximum atomic E-state index is 12.5. The predicted molar refractivity (Wildman–Crippen MR) is 76.6 cm³/mol. The maximum Gasteiger partial charge on any atom is 0.471 e. The molecule has 1 aliphatic rings. The lowest BCUT2D eigenvalue weighted by Gasteiger charge is -2.43. The first-order valence-corrected chi connectivity index (χ1v) is 7.52. The van der Waals surface area contributed by atoms with Gasteiger partial charge in [-0.05, 0) is 0 Å². The highest BCUT2D eigenvalue weighted by molar-refractivity contribution is 5.82. The van der Waals surface area contributed by atoms with E-state index in [2.05, 4.69) is 0 Å². The highest BCUT2D eigenvalue weighted by Crippen LogP contribution is 2.27. The summed E-state index contributed by atoms with van der Waals surface area (Å²) >= 11 is 0. The SMILES string of the molecule is CC(=O)OC[C@H]1O[C@H](O)[C@@H](NC(=O)C(F)(F)F)[C@@H](OC(C)=O)[C@@H]1OC(C)=O. The third-order valence-corrected chi connectivity index (χ3v) is 3.28. The second kappa shape index (κ2) is 8.99. The first-order valence-electron chi connectivity index (χ1n) is 7.52.